The SMILES string of the molecule is O=Cc1ccc(-c2ccc(Cl)cc2Cl)c(F)c1. The zero-order valence-electron chi connectivity index (χ0n) is 8.58. The van der Waals surface area contributed by atoms with E-state index in [1.165, 1.54) is 18.2 Å². The van der Waals surface area contributed by atoms with E-state index in [-0.39, 0.29) is 5.56 Å². The maximum absolute atomic E-state index is 13.8. The molecule has 1 nitrogen and oxygen atoms in total. The fourth-order valence-corrected chi connectivity index (χ4v) is 2.04. The average Bonchev–Trinajstić information content (AvgIpc) is 2.30. The molecule has 0 heterocycles. The van der Waals surface area contributed by atoms with E-state index in [2.05, 4.69) is 0 Å². The van der Waals surface area contributed by atoms with Crippen LogP contribution in [0.2, 0.25) is 10.0 Å². The highest BCUT2D eigenvalue weighted by atomic mass is 35.5. The van der Waals surface area contributed by atoms with Crippen LogP contribution in [0.4, 0.5) is 4.39 Å². The Bertz CT molecular complexity index is 582. The molecule has 0 aliphatic rings. The van der Waals surface area contributed by atoms with Crippen molar-refractivity contribution in [2.24, 2.45) is 0 Å². The molecule has 86 valence electrons. The first-order valence-electron chi connectivity index (χ1n) is 4.82. The van der Waals surface area contributed by atoms with Gasteiger partial charge in [-0.1, -0.05) is 41.4 Å². The lowest BCUT2D eigenvalue weighted by Crippen LogP contribution is -1.88. The van der Waals surface area contributed by atoms with E-state index in [9.17, 15) is 9.18 Å². The molecule has 17 heavy (non-hydrogen) atoms. The van der Waals surface area contributed by atoms with Crippen molar-refractivity contribution < 1.29 is 9.18 Å². The first-order valence-corrected chi connectivity index (χ1v) is 5.57. The number of carbonyl (C=O) groups excluding carboxylic acids is 1. The van der Waals surface area contributed by atoms with E-state index in [1.54, 1.807) is 18.2 Å². The molecule has 0 saturated heterocycles. The van der Waals surface area contributed by atoms with Gasteiger partial charge in [0.05, 0.1) is 0 Å². The van der Waals surface area contributed by atoms with E-state index < -0.39 is 5.82 Å². The third-order valence-corrected chi connectivity index (χ3v) is 2.90. The van der Waals surface area contributed by atoms with Crippen LogP contribution in [-0.2, 0) is 0 Å². The van der Waals surface area contributed by atoms with Crippen LogP contribution in [0.5, 0.6) is 0 Å². The fraction of sp³-hybridized carbons (Fsp3) is 0. The molecule has 0 fully saturated rings. The number of aldehydes is 1. The van der Waals surface area contributed by atoms with Crippen LogP contribution >= 0.6 is 23.2 Å². The van der Waals surface area contributed by atoms with Gasteiger partial charge in [-0.3, -0.25) is 4.79 Å². The Labute approximate surface area is 108 Å². The van der Waals surface area contributed by atoms with E-state index >= 15 is 0 Å². The number of rotatable bonds is 2. The lowest BCUT2D eigenvalue weighted by Gasteiger charge is -2.06. The maximum Gasteiger partial charge on any atom is 0.150 e. The summed E-state index contributed by atoms with van der Waals surface area (Å²) in [5, 5.41) is 0.860. The molecule has 2 aromatic rings. The van der Waals surface area contributed by atoms with Crippen LogP contribution < -0.4 is 0 Å². The zero-order chi connectivity index (χ0) is 12.4. The minimum atomic E-state index is -0.487. The fourth-order valence-electron chi connectivity index (χ4n) is 1.53. The van der Waals surface area contributed by atoms with Crippen molar-refractivity contribution in [2.45, 2.75) is 0 Å². The van der Waals surface area contributed by atoms with Gasteiger partial charge in [-0.15, -0.1) is 0 Å². The Balaban J connectivity index is 2.56. The van der Waals surface area contributed by atoms with Crippen molar-refractivity contribution in [1.82, 2.24) is 0 Å². The molecule has 0 spiro atoms. The first kappa shape index (κ1) is 12.1. The van der Waals surface area contributed by atoms with Crippen LogP contribution in [-0.4, -0.2) is 6.29 Å². The van der Waals surface area contributed by atoms with Crippen LogP contribution in [0, 0.1) is 5.82 Å². The second kappa shape index (κ2) is 4.86. The van der Waals surface area contributed by atoms with Gasteiger partial charge in [0.25, 0.3) is 0 Å². The van der Waals surface area contributed by atoms with Crippen molar-refractivity contribution >= 4 is 29.5 Å². The van der Waals surface area contributed by atoms with Gasteiger partial charge in [-0.25, -0.2) is 4.39 Å². The summed E-state index contributed by atoms with van der Waals surface area (Å²) in [6.07, 6.45) is 0.594. The van der Waals surface area contributed by atoms with Gasteiger partial charge >= 0.3 is 0 Å². The summed E-state index contributed by atoms with van der Waals surface area (Å²) >= 11 is 11.8. The van der Waals surface area contributed by atoms with Gasteiger partial charge < -0.3 is 0 Å². The Morgan fingerprint density at radius 3 is 2.29 bits per heavy atom. The standard InChI is InChI=1S/C13H7Cl2FO/c14-9-2-4-10(12(15)6-9)11-3-1-8(7-17)5-13(11)16/h1-7H. The molecule has 0 aromatic heterocycles. The highest BCUT2D eigenvalue weighted by Gasteiger charge is 2.09. The molecule has 0 aliphatic heterocycles. The van der Waals surface area contributed by atoms with E-state index in [0.717, 1.165) is 0 Å². The lowest BCUT2D eigenvalue weighted by atomic mass is 10.0. The summed E-state index contributed by atoms with van der Waals surface area (Å²) in [5.74, 6) is -0.487. The minimum Gasteiger partial charge on any atom is -0.298 e. The van der Waals surface area contributed by atoms with Gasteiger partial charge in [-0.05, 0) is 18.2 Å². The summed E-state index contributed by atoms with van der Waals surface area (Å²) in [6, 6.07) is 9.06. The number of benzene rings is 2. The average molecular weight is 269 g/mol. The van der Waals surface area contributed by atoms with Crippen molar-refractivity contribution in [3.05, 3.63) is 57.8 Å². The third kappa shape index (κ3) is 2.48. The molecule has 0 unspecified atom stereocenters. The molecule has 0 aliphatic carbocycles. The molecule has 2 rings (SSSR count). The number of halogens is 3. The summed E-state index contributed by atoms with van der Waals surface area (Å²) in [6.45, 7) is 0. The molecule has 0 radical (unpaired) electrons. The number of hydrogen-bond acceptors (Lipinski definition) is 1. The predicted octanol–water partition coefficient (Wildman–Crippen LogP) is 4.61. The highest BCUT2D eigenvalue weighted by molar-refractivity contribution is 6.36. The predicted molar refractivity (Wildman–Crippen MR) is 67.2 cm³/mol. The Hall–Kier alpha value is -1.38. The molecule has 0 saturated carbocycles. The van der Waals surface area contributed by atoms with Crippen LogP contribution in [0.3, 0.4) is 0 Å². The van der Waals surface area contributed by atoms with Crippen LogP contribution in [0.1, 0.15) is 10.4 Å². The maximum atomic E-state index is 13.8. The van der Waals surface area contributed by atoms with Crippen LogP contribution in [0.25, 0.3) is 11.1 Å². The summed E-state index contributed by atoms with van der Waals surface area (Å²) < 4.78 is 13.8. The summed E-state index contributed by atoms with van der Waals surface area (Å²) in [5.41, 5.74) is 1.18. The van der Waals surface area contributed by atoms with Crippen molar-refractivity contribution in [3.8, 4) is 11.1 Å². The largest absolute Gasteiger partial charge is 0.298 e. The second-order valence-corrected chi connectivity index (χ2v) is 4.32. The summed E-state index contributed by atoms with van der Waals surface area (Å²) in [4.78, 5) is 10.5. The van der Waals surface area contributed by atoms with Gasteiger partial charge in [-0.2, -0.15) is 0 Å². The second-order valence-electron chi connectivity index (χ2n) is 3.48. The topological polar surface area (TPSA) is 17.1 Å². The van der Waals surface area contributed by atoms with E-state index in [4.69, 9.17) is 23.2 Å². The molecule has 0 bridgehead atoms. The number of carbonyl (C=O) groups is 1. The van der Waals surface area contributed by atoms with Gasteiger partial charge in [0, 0.05) is 26.7 Å². The molecular formula is C13H7Cl2FO. The van der Waals surface area contributed by atoms with Gasteiger partial charge in [0.15, 0.2) is 0 Å². The molecule has 4 heteroatoms. The van der Waals surface area contributed by atoms with Gasteiger partial charge in [0.1, 0.15) is 12.1 Å². The molecule has 0 atom stereocenters. The minimum absolute atomic E-state index is 0.288. The first-order chi connectivity index (χ1) is 8.11. The Morgan fingerprint density at radius 1 is 1.00 bits per heavy atom. The Kier molecular flexibility index (Phi) is 3.46. The quantitative estimate of drug-likeness (QED) is 0.727. The smallest absolute Gasteiger partial charge is 0.150 e. The summed E-state index contributed by atoms with van der Waals surface area (Å²) in [7, 11) is 0. The van der Waals surface area contributed by atoms with Crippen molar-refractivity contribution in [2.75, 3.05) is 0 Å². The normalized spacial score (nSPS) is 10.3. The number of hydrogen-bond donors (Lipinski definition) is 0. The lowest BCUT2D eigenvalue weighted by molar-refractivity contribution is 0.112. The zero-order valence-corrected chi connectivity index (χ0v) is 10.1. The monoisotopic (exact) mass is 268 g/mol. The molecule has 0 N–H and O–H groups in total. The molecule has 0 amide bonds. The molecular weight excluding hydrogens is 262 g/mol. The van der Waals surface area contributed by atoms with E-state index in [1.807, 2.05) is 0 Å². The molecule has 2 aromatic carbocycles. The third-order valence-electron chi connectivity index (χ3n) is 2.35. The van der Waals surface area contributed by atoms with Crippen molar-refractivity contribution in [1.29, 1.82) is 0 Å². The Morgan fingerprint density at radius 2 is 1.71 bits per heavy atom. The van der Waals surface area contributed by atoms with Crippen molar-refractivity contribution in [3.63, 3.8) is 0 Å². The highest BCUT2D eigenvalue weighted by Crippen LogP contribution is 2.32. The van der Waals surface area contributed by atoms with Gasteiger partial charge in [0.2, 0.25) is 0 Å². The van der Waals surface area contributed by atoms with E-state index in [0.29, 0.717) is 27.5 Å². The van der Waals surface area contributed by atoms with Crippen LogP contribution in [0.15, 0.2) is 36.4 Å².